The topological polar surface area (TPSA) is 41.1 Å². The maximum atomic E-state index is 12.0. The maximum absolute atomic E-state index is 12.0. The first-order valence-electron chi connectivity index (χ1n) is 6.48. The van der Waals surface area contributed by atoms with Crippen LogP contribution in [0.1, 0.15) is 38.5 Å². The summed E-state index contributed by atoms with van der Waals surface area (Å²) >= 11 is 0. The first kappa shape index (κ1) is 12.7. The second kappa shape index (κ2) is 5.76. The molecule has 1 saturated heterocycles. The molecule has 1 saturated carbocycles. The molecule has 2 N–H and O–H groups in total. The summed E-state index contributed by atoms with van der Waals surface area (Å²) in [5.74, 6) is 0.414. The van der Waals surface area contributed by atoms with E-state index in [1.807, 2.05) is 0 Å². The summed E-state index contributed by atoms with van der Waals surface area (Å²) < 4.78 is 24.0. The van der Waals surface area contributed by atoms with E-state index >= 15 is 0 Å². The van der Waals surface area contributed by atoms with Gasteiger partial charge in [0.05, 0.1) is 12.6 Å². The van der Waals surface area contributed by atoms with Crippen molar-refractivity contribution in [3.05, 3.63) is 0 Å². The molecule has 2 rings (SSSR count). The zero-order valence-corrected chi connectivity index (χ0v) is 9.92. The summed E-state index contributed by atoms with van der Waals surface area (Å²) in [7, 11) is 0. The minimum absolute atomic E-state index is 0.269. The Balaban J connectivity index is 1.80. The molecule has 1 aliphatic heterocycles. The fraction of sp³-hybridized carbons (Fsp3) is 0.917. The van der Waals surface area contributed by atoms with Gasteiger partial charge in [0.25, 0.3) is 6.43 Å². The van der Waals surface area contributed by atoms with Crippen molar-refractivity contribution >= 4 is 5.91 Å². The van der Waals surface area contributed by atoms with Crippen molar-refractivity contribution in [2.75, 3.05) is 6.54 Å². The van der Waals surface area contributed by atoms with Gasteiger partial charge in [-0.2, -0.15) is 0 Å². The van der Waals surface area contributed by atoms with Gasteiger partial charge >= 0.3 is 0 Å². The number of hydrogen-bond acceptors (Lipinski definition) is 2. The van der Waals surface area contributed by atoms with Crippen LogP contribution in [0.4, 0.5) is 8.78 Å². The number of halogens is 2. The minimum Gasteiger partial charge on any atom is -0.349 e. The molecule has 1 heterocycles. The first-order chi connectivity index (χ1) is 8.16. The van der Waals surface area contributed by atoms with E-state index in [4.69, 9.17) is 0 Å². The molecule has 0 bridgehead atoms. The van der Waals surface area contributed by atoms with Crippen LogP contribution in [0.3, 0.4) is 0 Å². The molecule has 2 fully saturated rings. The van der Waals surface area contributed by atoms with Gasteiger partial charge in [-0.3, -0.25) is 4.79 Å². The van der Waals surface area contributed by atoms with Crippen LogP contribution < -0.4 is 10.6 Å². The van der Waals surface area contributed by atoms with Crippen molar-refractivity contribution in [3.8, 4) is 0 Å². The molecule has 5 heteroatoms. The number of fused-ring (bicyclic) bond motifs is 1. The van der Waals surface area contributed by atoms with Crippen molar-refractivity contribution in [1.29, 1.82) is 0 Å². The van der Waals surface area contributed by atoms with Gasteiger partial charge in [0, 0.05) is 6.04 Å². The zero-order valence-electron chi connectivity index (χ0n) is 9.92. The van der Waals surface area contributed by atoms with Gasteiger partial charge in [-0.25, -0.2) is 8.78 Å². The quantitative estimate of drug-likeness (QED) is 0.795. The van der Waals surface area contributed by atoms with Crippen LogP contribution >= 0.6 is 0 Å². The third-order valence-corrected chi connectivity index (χ3v) is 3.90. The number of carbonyl (C=O) groups excluding carboxylic acids is 1. The molecular formula is C12H20F2N2O. The molecule has 0 aromatic rings. The Kier molecular flexibility index (Phi) is 4.31. The first-order valence-corrected chi connectivity index (χ1v) is 6.48. The average Bonchev–Trinajstić information content (AvgIpc) is 2.35. The monoisotopic (exact) mass is 246 g/mol. The molecule has 3 atom stereocenters. The highest BCUT2D eigenvalue weighted by Crippen LogP contribution is 2.32. The number of piperidine rings is 1. The third kappa shape index (κ3) is 3.37. The lowest BCUT2D eigenvalue weighted by atomic mass is 9.77. The molecule has 0 radical (unpaired) electrons. The number of hydrogen-bond donors (Lipinski definition) is 2. The lowest BCUT2D eigenvalue weighted by molar-refractivity contribution is -0.125. The smallest absolute Gasteiger partial charge is 0.255 e. The van der Waals surface area contributed by atoms with Crippen LogP contribution in [-0.2, 0) is 4.79 Å². The minimum atomic E-state index is -2.47. The van der Waals surface area contributed by atoms with E-state index in [2.05, 4.69) is 10.6 Å². The SMILES string of the molecule is O=C(NCC(F)F)C1CCC2CCCCC2N1. The predicted molar refractivity (Wildman–Crippen MR) is 60.9 cm³/mol. The lowest BCUT2D eigenvalue weighted by Gasteiger charge is -2.39. The summed E-state index contributed by atoms with van der Waals surface area (Å²) in [4.78, 5) is 11.7. The Morgan fingerprint density at radius 3 is 2.76 bits per heavy atom. The van der Waals surface area contributed by atoms with Crippen molar-refractivity contribution < 1.29 is 13.6 Å². The van der Waals surface area contributed by atoms with Crippen LogP contribution in [0.25, 0.3) is 0 Å². The summed E-state index contributed by atoms with van der Waals surface area (Å²) in [5, 5.41) is 5.62. The molecule has 2 aliphatic rings. The molecule has 0 spiro atoms. The normalized spacial score (nSPS) is 33.2. The Morgan fingerprint density at radius 1 is 1.24 bits per heavy atom. The second-order valence-electron chi connectivity index (χ2n) is 5.08. The lowest BCUT2D eigenvalue weighted by Crippen LogP contribution is -2.55. The number of carbonyl (C=O) groups is 1. The molecule has 0 aromatic carbocycles. The summed E-state index contributed by atoms with van der Waals surface area (Å²) in [6.07, 6.45) is 4.20. The molecule has 1 amide bonds. The van der Waals surface area contributed by atoms with Crippen molar-refractivity contribution in [2.24, 2.45) is 5.92 Å². The highest BCUT2D eigenvalue weighted by molar-refractivity contribution is 5.81. The second-order valence-corrected chi connectivity index (χ2v) is 5.08. The Morgan fingerprint density at radius 2 is 2.00 bits per heavy atom. The zero-order chi connectivity index (χ0) is 12.3. The van der Waals surface area contributed by atoms with Gasteiger partial charge < -0.3 is 10.6 Å². The van der Waals surface area contributed by atoms with Crippen LogP contribution in [0.2, 0.25) is 0 Å². The van der Waals surface area contributed by atoms with Gasteiger partial charge in [0.1, 0.15) is 0 Å². The van der Waals surface area contributed by atoms with E-state index in [-0.39, 0.29) is 11.9 Å². The summed E-state index contributed by atoms with van der Waals surface area (Å²) in [6, 6.07) is 0.146. The van der Waals surface area contributed by atoms with Crippen LogP contribution in [0, 0.1) is 5.92 Å². The molecule has 1 aliphatic carbocycles. The van der Waals surface area contributed by atoms with Gasteiger partial charge in [0.2, 0.25) is 5.91 Å². The van der Waals surface area contributed by atoms with Gasteiger partial charge in [-0.15, -0.1) is 0 Å². The van der Waals surface area contributed by atoms with Gasteiger partial charge in [-0.05, 0) is 31.6 Å². The number of rotatable bonds is 3. The Hall–Kier alpha value is -0.710. The van der Waals surface area contributed by atoms with Gasteiger partial charge in [0.15, 0.2) is 0 Å². The van der Waals surface area contributed by atoms with Gasteiger partial charge in [-0.1, -0.05) is 12.8 Å². The molecule has 3 unspecified atom stereocenters. The fourth-order valence-corrected chi connectivity index (χ4v) is 3.00. The van der Waals surface area contributed by atoms with Crippen molar-refractivity contribution in [3.63, 3.8) is 0 Å². The molecule has 17 heavy (non-hydrogen) atoms. The van der Waals surface area contributed by atoms with Crippen LogP contribution in [-0.4, -0.2) is 31.0 Å². The van der Waals surface area contributed by atoms with Crippen molar-refractivity contribution in [2.45, 2.75) is 57.0 Å². The van der Waals surface area contributed by atoms with E-state index in [1.165, 1.54) is 19.3 Å². The Bertz CT molecular complexity index is 273. The summed E-state index contributed by atoms with van der Waals surface area (Å²) in [6.45, 7) is -0.537. The van der Waals surface area contributed by atoms with E-state index in [0.717, 1.165) is 19.3 Å². The van der Waals surface area contributed by atoms with E-state index in [0.29, 0.717) is 12.0 Å². The van der Waals surface area contributed by atoms with Crippen molar-refractivity contribution in [1.82, 2.24) is 10.6 Å². The fourth-order valence-electron chi connectivity index (χ4n) is 3.00. The average molecular weight is 246 g/mol. The van der Waals surface area contributed by atoms with Crippen LogP contribution in [0.15, 0.2) is 0 Å². The predicted octanol–water partition coefficient (Wildman–Crippen LogP) is 1.68. The third-order valence-electron chi connectivity index (χ3n) is 3.90. The van der Waals surface area contributed by atoms with E-state index in [9.17, 15) is 13.6 Å². The number of nitrogens with one attached hydrogen (secondary N) is 2. The molecule has 98 valence electrons. The molecular weight excluding hydrogens is 226 g/mol. The standard InChI is InChI=1S/C12H20F2N2O/c13-11(14)7-15-12(17)10-6-5-8-3-1-2-4-9(8)16-10/h8-11,16H,1-7H2,(H,15,17). The highest BCUT2D eigenvalue weighted by atomic mass is 19.3. The van der Waals surface area contributed by atoms with E-state index in [1.54, 1.807) is 0 Å². The number of alkyl halides is 2. The van der Waals surface area contributed by atoms with E-state index < -0.39 is 13.0 Å². The highest BCUT2D eigenvalue weighted by Gasteiger charge is 2.34. The molecule has 3 nitrogen and oxygen atoms in total. The molecule has 0 aromatic heterocycles. The largest absolute Gasteiger partial charge is 0.349 e. The number of amides is 1. The maximum Gasteiger partial charge on any atom is 0.255 e. The Labute approximate surface area is 100 Å². The van der Waals surface area contributed by atoms with Crippen LogP contribution in [0.5, 0.6) is 0 Å². The summed E-state index contributed by atoms with van der Waals surface area (Å²) in [5.41, 5.74) is 0.